The van der Waals surface area contributed by atoms with E-state index in [9.17, 15) is 4.79 Å². The fraction of sp³-hybridized carbons (Fsp3) is 0.308. The van der Waals surface area contributed by atoms with E-state index >= 15 is 0 Å². The van der Waals surface area contributed by atoms with Gasteiger partial charge in [-0.05, 0) is 24.8 Å². The zero-order valence-corrected chi connectivity index (χ0v) is 12.0. The molecule has 0 aliphatic rings. The maximum Gasteiger partial charge on any atom is 0.350 e. The number of thiazole rings is 1. The van der Waals surface area contributed by atoms with Crippen molar-refractivity contribution in [1.82, 2.24) is 4.98 Å². The highest BCUT2D eigenvalue weighted by atomic mass is 32.1. The molecule has 2 aromatic heterocycles. The van der Waals surface area contributed by atoms with Crippen LogP contribution in [0.4, 0.5) is 0 Å². The molecule has 0 aliphatic heterocycles. The van der Waals surface area contributed by atoms with Gasteiger partial charge in [0.05, 0.1) is 18.4 Å². The van der Waals surface area contributed by atoms with Crippen LogP contribution >= 0.6 is 22.7 Å². The number of carbonyl (C=O) groups is 1. The molecule has 0 fully saturated rings. The van der Waals surface area contributed by atoms with E-state index in [-0.39, 0.29) is 12.6 Å². The average molecular weight is 292 g/mol. The summed E-state index contributed by atoms with van der Waals surface area (Å²) in [7, 11) is 0. The van der Waals surface area contributed by atoms with Crippen LogP contribution in [0.5, 0.6) is 0 Å². The molecular weight excluding hydrogens is 280 g/mol. The van der Waals surface area contributed by atoms with Gasteiger partial charge in [0.25, 0.3) is 0 Å². The molecule has 0 N–H and O–H groups in total. The zero-order valence-electron chi connectivity index (χ0n) is 10.4. The lowest BCUT2D eigenvalue weighted by Crippen LogP contribution is -2.05. The molecule has 0 amide bonds. The number of thiophene rings is 1. The summed E-state index contributed by atoms with van der Waals surface area (Å²) >= 11 is 2.94. The van der Waals surface area contributed by atoms with E-state index in [1.807, 2.05) is 22.9 Å². The monoisotopic (exact) mass is 292 g/mol. The van der Waals surface area contributed by atoms with Gasteiger partial charge in [-0.3, -0.25) is 0 Å². The van der Waals surface area contributed by atoms with Gasteiger partial charge >= 0.3 is 5.97 Å². The number of esters is 1. The first kappa shape index (κ1) is 13.7. The fourth-order valence-corrected chi connectivity index (χ4v) is 3.15. The van der Waals surface area contributed by atoms with Crippen molar-refractivity contribution in [1.29, 1.82) is 5.26 Å². The second kappa shape index (κ2) is 6.45. The Balaban J connectivity index is 2.04. The van der Waals surface area contributed by atoms with Crippen LogP contribution in [0.15, 0.2) is 16.8 Å². The predicted octanol–water partition coefficient (Wildman–Crippen LogP) is 3.64. The van der Waals surface area contributed by atoms with Crippen molar-refractivity contribution in [3.05, 3.63) is 27.4 Å². The Kier molecular flexibility index (Phi) is 4.66. The molecule has 2 aromatic rings. The van der Waals surface area contributed by atoms with Crippen LogP contribution in [0.3, 0.4) is 0 Å². The minimum Gasteiger partial charge on any atom is -0.461 e. The maximum atomic E-state index is 11.9. The number of unbranched alkanes of at least 4 members (excludes halogenated alkanes) is 1. The molecule has 0 atom stereocenters. The average Bonchev–Trinajstić information content (AvgIpc) is 3.03. The summed E-state index contributed by atoms with van der Waals surface area (Å²) in [5.74, 6) is -0.352. The first-order chi connectivity index (χ1) is 9.22. The van der Waals surface area contributed by atoms with Crippen molar-refractivity contribution in [2.45, 2.75) is 19.8 Å². The van der Waals surface area contributed by atoms with Crippen molar-refractivity contribution < 1.29 is 9.53 Å². The summed E-state index contributed by atoms with van der Waals surface area (Å²) in [5.41, 5.74) is 1.72. The topological polar surface area (TPSA) is 63.0 Å². The summed E-state index contributed by atoms with van der Waals surface area (Å²) in [6, 6.07) is 3.99. The zero-order chi connectivity index (χ0) is 13.7. The third kappa shape index (κ3) is 3.40. The lowest BCUT2D eigenvalue weighted by Gasteiger charge is -2.00. The number of aromatic nitrogens is 1. The van der Waals surface area contributed by atoms with E-state index in [1.54, 1.807) is 18.3 Å². The van der Waals surface area contributed by atoms with Crippen LogP contribution in [0, 0.1) is 18.3 Å². The molecule has 6 heteroatoms. The highest BCUT2D eigenvalue weighted by Gasteiger charge is 2.17. The van der Waals surface area contributed by atoms with Gasteiger partial charge in [0.15, 0.2) is 0 Å². The number of rotatable bonds is 5. The first-order valence-electron chi connectivity index (χ1n) is 5.76. The lowest BCUT2D eigenvalue weighted by atomic mass is 10.3. The standard InChI is InChI=1S/C13H12N2O2S2/c1-9-11(13(16)17-6-3-2-5-14)19-12(15-9)10-4-7-18-8-10/h4,7-8H,2-3,6H2,1H3. The Morgan fingerprint density at radius 2 is 2.42 bits per heavy atom. The molecule has 4 nitrogen and oxygen atoms in total. The SMILES string of the molecule is Cc1nc(-c2ccsc2)sc1C(=O)OCCCC#N. The number of hydrogen-bond acceptors (Lipinski definition) is 6. The van der Waals surface area contributed by atoms with E-state index in [2.05, 4.69) is 4.98 Å². The van der Waals surface area contributed by atoms with E-state index in [0.717, 1.165) is 10.6 Å². The quantitative estimate of drug-likeness (QED) is 0.623. The maximum absolute atomic E-state index is 11.9. The van der Waals surface area contributed by atoms with Crippen LogP contribution in [-0.4, -0.2) is 17.6 Å². The lowest BCUT2D eigenvalue weighted by molar-refractivity contribution is 0.0506. The first-order valence-corrected chi connectivity index (χ1v) is 7.52. The van der Waals surface area contributed by atoms with E-state index in [4.69, 9.17) is 10.00 Å². The van der Waals surface area contributed by atoms with Crippen molar-refractivity contribution >= 4 is 28.6 Å². The van der Waals surface area contributed by atoms with Crippen LogP contribution in [0.2, 0.25) is 0 Å². The Bertz CT molecular complexity index is 597. The van der Waals surface area contributed by atoms with Gasteiger partial charge in [-0.15, -0.1) is 11.3 Å². The van der Waals surface area contributed by atoms with E-state index in [1.165, 1.54) is 11.3 Å². The Morgan fingerprint density at radius 1 is 1.58 bits per heavy atom. The number of aryl methyl sites for hydroxylation is 1. The van der Waals surface area contributed by atoms with Gasteiger partial charge in [-0.2, -0.15) is 16.6 Å². The third-order valence-electron chi connectivity index (χ3n) is 2.42. The molecule has 2 heterocycles. The second-order valence-corrected chi connectivity index (χ2v) is 5.62. The van der Waals surface area contributed by atoms with E-state index < -0.39 is 0 Å². The molecule has 98 valence electrons. The molecule has 19 heavy (non-hydrogen) atoms. The summed E-state index contributed by atoms with van der Waals surface area (Å²) in [6.07, 6.45) is 0.965. The molecule has 0 saturated heterocycles. The summed E-state index contributed by atoms with van der Waals surface area (Å²) in [4.78, 5) is 16.8. The summed E-state index contributed by atoms with van der Waals surface area (Å²) in [6.45, 7) is 2.08. The van der Waals surface area contributed by atoms with Gasteiger partial charge in [-0.25, -0.2) is 9.78 Å². The molecule has 2 rings (SSSR count). The predicted molar refractivity (Wildman–Crippen MR) is 75.3 cm³/mol. The van der Waals surface area contributed by atoms with Gasteiger partial charge < -0.3 is 4.74 Å². The minimum absolute atomic E-state index is 0.275. The van der Waals surface area contributed by atoms with E-state index in [0.29, 0.717) is 23.4 Å². The number of hydrogen-bond donors (Lipinski definition) is 0. The largest absolute Gasteiger partial charge is 0.461 e. The summed E-state index contributed by atoms with van der Waals surface area (Å²) in [5, 5.41) is 13.2. The van der Waals surface area contributed by atoms with Crippen molar-refractivity contribution in [2.24, 2.45) is 0 Å². The van der Waals surface area contributed by atoms with Gasteiger partial charge in [0.2, 0.25) is 0 Å². The van der Waals surface area contributed by atoms with Gasteiger partial charge in [-0.1, -0.05) is 0 Å². The Hall–Kier alpha value is -1.71. The number of carbonyl (C=O) groups excluding carboxylic acids is 1. The molecule has 0 saturated carbocycles. The highest BCUT2D eigenvalue weighted by Crippen LogP contribution is 2.29. The van der Waals surface area contributed by atoms with Gasteiger partial charge in [0.1, 0.15) is 9.88 Å². The molecule has 0 spiro atoms. The molecule has 0 unspecified atom stereocenters. The molecule has 0 aromatic carbocycles. The Labute approximate surface area is 119 Å². The number of nitrogens with zero attached hydrogens (tertiary/aromatic N) is 2. The van der Waals surface area contributed by atoms with Crippen molar-refractivity contribution in [3.8, 4) is 16.6 Å². The number of ether oxygens (including phenoxy) is 1. The molecule has 0 bridgehead atoms. The number of nitriles is 1. The normalized spacial score (nSPS) is 10.1. The third-order valence-corrected chi connectivity index (χ3v) is 4.29. The second-order valence-electron chi connectivity index (χ2n) is 3.84. The smallest absolute Gasteiger partial charge is 0.350 e. The molecular formula is C13H12N2O2S2. The van der Waals surface area contributed by atoms with Crippen LogP contribution in [0.25, 0.3) is 10.6 Å². The highest BCUT2D eigenvalue weighted by molar-refractivity contribution is 7.17. The minimum atomic E-state index is -0.352. The fourth-order valence-electron chi connectivity index (χ4n) is 1.48. The van der Waals surface area contributed by atoms with Crippen molar-refractivity contribution in [3.63, 3.8) is 0 Å². The van der Waals surface area contributed by atoms with Gasteiger partial charge in [0, 0.05) is 17.4 Å². The van der Waals surface area contributed by atoms with Crippen LogP contribution < -0.4 is 0 Å². The molecule has 0 radical (unpaired) electrons. The van der Waals surface area contributed by atoms with Crippen LogP contribution in [-0.2, 0) is 4.74 Å². The summed E-state index contributed by atoms with van der Waals surface area (Å²) < 4.78 is 5.12. The van der Waals surface area contributed by atoms with Crippen LogP contribution in [0.1, 0.15) is 28.2 Å². The Morgan fingerprint density at radius 3 is 3.11 bits per heavy atom. The molecule has 0 aliphatic carbocycles. The van der Waals surface area contributed by atoms with Crippen molar-refractivity contribution in [2.75, 3.05) is 6.61 Å².